The van der Waals surface area contributed by atoms with Crippen LogP contribution in [0, 0.1) is 0 Å². The Bertz CT molecular complexity index is 227. The first-order valence-electron chi connectivity index (χ1n) is 5.42. The molecule has 0 aliphatic heterocycles. The van der Waals surface area contributed by atoms with Gasteiger partial charge >= 0.3 is 6.09 Å². The van der Waals surface area contributed by atoms with Crippen molar-refractivity contribution in [3.63, 3.8) is 0 Å². The summed E-state index contributed by atoms with van der Waals surface area (Å²) in [6, 6.07) is 0.413. The zero-order valence-corrected chi connectivity index (χ0v) is 9.04. The van der Waals surface area contributed by atoms with Gasteiger partial charge in [0.25, 0.3) is 0 Å². The van der Waals surface area contributed by atoms with Crippen molar-refractivity contribution in [3.05, 3.63) is 0 Å². The highest BCUT2D eigenvalue weighted by atomic mass is 16.5. The fourth-order valence-corrected chi connectivity index (χ4v) is 1.15. The molecule has 86 valence electrons. The average molecular weight is 214 g/mol. The Hall–Kier alpha value is -1.26. The van der Waals surface area contributed by atoms with E-state index in [0.717, 1.165) is 12.8 Å². The van der Waals surface area contributed by atoms with Crippen molar-refractivity contribution in [2.75, 3.05) is 13.2 Å². The number of alkyl carbamates (subject to hydrolysis) is 1. The van der Waals surface area contributed by atoms with Gasteiger partial charge in [-0.3, -0.25) is 4.79 Å². The number of ether oxygens (including phenoxy) is 1. The van der Waals surface area contributed by atoms with E-state index in [0.29, 0.717) is 32.0 Å². The first-order chi connectivity index (χ1) is 7.22. The Balaban J connectivity index is 1.91. The molecule has 1 rings (SSSR count). The number of nitrogens with one attached hydrogen (secondary N) is 2. The number of carbonyl (C=O) groups excluding carboxylic acids is 2. The Labute approximate surface area is 89.6 Å². The molecule has 0 radical (unpaired) electrons. The number of carbonyl (C=O) groups is 2. The van der Waals surface area contributed by atoms with Crippen molar-refractivity contribution >= 4 is 12.0 Å². The van der Waals surface area contributed by atoms with Gasteiger partial charge in [0, 0.05) is 19.0 Å². The van der Waals surface area contributed by atoms with Crippen molar-refractivity contribution < 1.29 is 14.3 Å². The fraction of sp³-hybridized carbons (Fsp3) is 0.800. The predicted octanol–water partition coefficient (Wildman–Crippen LogP) is 0.791. The van der Waals surface area contributed by atoms with E-state index in [2.05, 4.69) is 15.4 Å². The van der Waals surface area contributed by atoms with Gasteiger partial charge in [-0.25, -0.2) is 4.79 Å². The molecule has 2 amide bonds. The molecular weight excluding hydrogens is 196 g/mol. The van der Waals surface area contributed by atoms with Crippen LogP contribution in [0.25, 0.3) is 0 Å². The maximum absolute atomic E-state index is 11.2. The number of hydrogen-bond acceptors (Lipinski definition) is 3. The first-order valence-corrected chi connectivity index (χ1v) is 5.42. The summed E-state index contributed by atoms with van der Waals surface area (Å²) in [5, 5.41) is 5.45. The minimum Gasteiger partial charge on any atom is -0.450 e. The highest BCUT2D eigenvalue weighted by molar-refractivity contribution is 5.76. The summed E-state index contributed by atoms with van der Waals surface area (Å²) in [7, 11) is 0. The molecule has 2 N–H and O–H groups in total. The van der Waals surface area contributed by atoms with Crippen LogP contribution in [0.1, 0.15) is 32.6 Å². The van der Waals surface area contributed by atoms with Gasteiger partial charge in [0.1, 0.15) is 0 Å². The zero-order valence-electron chi connectivity index (χ0n) is 9.04. The van der Waals surface area contributed by atoms with Gasteiger partial charge in [-0.15, -0.1) is 0 Å². The summed E-state index contributed by atoms with van der Waals surface area (Å²) in [6.45, 7) is 2.60. The molecule has 0 bridgehead atoms. The first kappa shape index (κ1) is 11.8. The topological polar surface area (TPSA) is 67.4 Å². The minimum atomic E-state index is -0.417. The fourth-order valence-electron chi connectivity index (χ4n) is 1.15. The van der Waals surface area contributed by atoms with Crippen LogP contribution in [0.15, 0.2) is 0 Å². The van der Waals surface area contributed by atoms with Crippen molar-refractivity contribution in [1.29, 1.82) is 0 Å². The zero-order chi connectivity index (χ0) is 11.1. The summed E-state index contributed by atoms with van der Waals surface area (Å²) in [5.74, 6) is 0.0724. The summed E-state index contributed by atoms with van der Waals surface area (Å²) in [6.07, 6.45) is 2.90. The monoisotopic (exact) mass is 214 g/mol. The number of hydrogen-bond donors (Lipinski definition) is 2. The van der Waals surface area contributed by atoms with Crippen LogP contribution in [-0.4, -0.2) is 31.2 Å². The lowest BCUT2D eigenvalue weighted by atomic mass is 10.3. The lowest BCUT2D eigenvalue weighted by molar-refractivity contribution is -0.121. The minimum absolute atomic E-state index is 0.0724. The summed E-state index contributed by atoms with van der Waals surface area (Å²) >= 11 is 0. The second-order valence-electron chi connectivity index (χ2n) is 3.59. The molecule has 0 aromatic carbocycles. The average Bonchev–Trinajstić information content (AvgIpc) is 2.97. The van der Waals surface area contributed by atoms with Crippen LogP contribution in [-0.2, 0) is 9.53 Å². The van der Waals surface area contributed by atoms with E-state index in [4.69, 9.17) is 0 Å². The van der Waals surface area contributed by atoms with E-state index in [9.17, 15) is 9.59 Å². The standard InChI is InChI=1S/C10H18N2O3/c1-2-15-10(14)11-7-3-4-9(13)12-8-5-6-8/h8H,2-7H2,1H3,(H,11,14)(H,12,13). The molecule has 1 aliphatic carbocycles. The van der Waals surface area contributed by atoms with Crippen LogP contribution >= 0.6 is 0 Å². The quantitative estimate of drug-likeness (QED) is 0.642. The molecule has 0 aromatic heterocycles. The van der Waals surface area contributed by atoms with Crippen LogP contribution in [0.3, 0.4) is 0 Å². The molecule has 1 fully saturated rings. The normalized spacial score (nSPS) is 14.5. The molecule has 1 saturated carbocycles. The van der Waals surface area contributed by atoms with Crippen LogP contribution in [0.4, 0.5) is 4.79 Å². The molecule has 5 nitrogen and oxygen atoms in total. The molecule has 5 heteroatoms. The smallest absolute Gasteiger partial charge is 0.407 e. The second-order valence-corrected chi connectivity index (χ2v) is 3.59. The highest BCUT2D eigenvalue weighted by Crippen LogP contribution is 2.18. The third-order valence-electron chi connectivity index (χ3n) is 2.07. The van der Waals surface area contributed by atoms with E-state index in [1.54, 1.807) is 6.92 Å². The van der Waals surface area contributed by atoms with Crippen molar-refractivity contribution in [1.82, 2.24) is 10.6 Å². The number of amides is 2. The SMILES string of the molecule is CCOC(=O)NCCCC(=O)NC1CC1. The van der Waals surface area contributed by atoms with E-state index in [1.165, 1.54) is 0 Å². The van der Waals surface area contributed by atoms with Gasteiger partial charge in [0.2, 0.25) is 5.91 Å². The molecule has 1 aliphatic rings. The Kier molecular flexibility index (Phi) is 4.93. The summed E-state index contributed by atoms with van der Waals surface area (Å²) < 4.78 is 4.67. The molecule has 0 saturated heterocycles. The highest BCUT2D eigenvalue weighted by Gasteiger charge is 2.22. The Morgan fingerprint density at radius 2 is 2.13 bits per heavy atom. The third-order valence-corrected chi connectivity index (χ3v) is 2.07. The van der Waals surface area contributed by atoms with Gasteiger partial charge < -0.3 is 15.4 Å². The van der Waals surface area contributed by atoms with Crippen LogP contribution in [0.5, 0.6) is 0 Å². The lowest BCUT2D eigenvalue weighted by Crippen LogP contribution is -2.28. The molecule has 15 heavy (non-hydrogen) atoms. The third kappa shape index (κ3) is 5.93. The largest absolute Gasteiger partial charge is 0.450 e. The number of rotatable bonds is 6. The van der Waals surface area contributed by atoms with Crippen molar-refractivity contribution in [2.24, 2.45) is 0 Å². The van der Waals surface area contributed by atoms with Gasteiger partial charge in [-0.05, 0) is 26.2 Å². The summed E-state index contributed by atoms with van der Waals surface area (Å²) in [4.78, 5) is 22.1. The van der Waals surface area contributed by atoms with Gasteiger partial charge in [-0.2, -0.15) is 0 Å². The molecule has 0 atom stereocenters. The predicted molar refractivity (Wildman–Crippen MR) is 55.4 cm³/mol. The lowest BCUT2D eigenvalue weighted by Gasteiger charge is -2.05. The maximum atomic E-state index is 11.2. The van der Waals surface area contributed by atoms with E-state index >= 15 is 0 Å². The maximum Gasteiger partial charge on any atom is 0.407 e. The van der Waals surface area contributed by atoms with Gasteiger partial charge in [0.15, 0.2) is 0 Å². The van der Waals surface area contributed by atoms with Crippen LogP contribution < -0.4 is 10.6 Å². The molecule has 0 unspecified atom stereocenters. The second kappa shape index (κ2) is 6.27. The van der Waals surface area contributed by atoms with Crippen molar-refractivity contribution in [3.8, 4) is 0 Å². The summed E-state index contributed by atoms with van der Waals surface area (Å²) in [5.41, 5.74) is 0. The molecular formula is C10H18N2O3. The Morgan fingerprint density at radius 1 is 1.40 bits per heavy atom. The van der Waals surface area contributed by atoms with Gasteiger partial charge in [-0.1, -0.05) is 0 Å². The van der Waals surface area contributed by atoms with Crippen LogP contribution in [0.2, 0.25) is 0 Å². The van der Waals surface area contributed by atoms with Crippen molar-refractivity contribution in [2.45, 2.75) is 38.6 Å². The molecule has 0 spiro atoms. The van der Waals surface area contributed by atoms with E-state index in [-0.39, 0.29) is 5.91 Å². The van der Waals surface area contributed by atoms with Gasteiger partial charge in [0.05, 0.1) is 6.61 Å². The molecule has 0 heterocycles. The van der Waals surface area contributed by atoms with E-state index < -0.39 is 6.09 Å². The van der Waals surface area contributed by atoms with E-state index in [1.807, 2.05) is 0 Å². The Morgan fingerprint density at radius 3 is 2.73 bits per heavy atom. The molecule has 0 aromatic rings.